The summed E-state index contributed by atoms with van der Waals surface area (Å²) in [4.78, 5) is 16.0. The van der Waals surface area contributed by atoms with Crippen LogP contribution in [-0.4, -0.2) is 45.8 Å². The van der Waals surface area contributed by atoms with Gasteiger partial charge in [0.25, 0.3) is 0 Å². The van der Waals surface area contributed by atoms with Gasteiger partial charge in [0.1, 0.15) is 5.52 Å². The van der Waals surface area contributed by atoms with Crippen molar-refractivity contribution in [1.82, 2.24) is 19.5 Å². The van der Waals surface area contributed by atoms with Crippen LogP contribution in [0.15, 0.2) is 30.5 Å². The number of anilines is 3. The molecule has 1 aromatic carbocycles. The van der Waals surface area contributed by atoms with E-state index in [9.17, 15) is 0 Å². The first-order valence-electron chi connectivity index (χ1n) is 8.64. The van der Waals surface area contributed by atoms with Crippen molar-refractivity contribution in [2.24, 2.45) is 7.05 Å². The van der Waals surface area contributed by atoms with Crippen molar-refractivity contribution >= 4 is 40.3 Å². The van der Waals surface area contributed by atoms with Gasteiger partial charge in [-0.1, -0.05) is 17.7 Å². The molecular formula is C18H21ClN6O. The topological polar surface area (TPSA) is 68.1 Å². The Morgan fingerprint density at radius 2 is 2.08 bits per heavy atom. The quantitative estimate of drug-likeness (QED) is 0.757. The molecule has 26 heavy (non-hydrogen) atoms. The Morgan fingerprint density at radius 1 is 1.27 bits per heavy atom. The SMILES string of the molecule is CN(c1ncc2nc(Nc3cccc(Cl)c3)n(C)c2n1)C1CCOCC1. The largest absolute Gasteiger partial charge is 0.381 e. The summed E-state index contributed by atoms with van der Waals surface area (Å²) in [5.41, 5.74) is 2.42. The summed E-state index contributed by atoms with van der Waals surface area (Å²) in [6.07, 6.45) is 3.76. The summed E-state index contributed by atoms with van der Waals surface area (Å²) in [6.45, 7) is 1.58. The molecule has 1 aliphatic rings. The van der Waals surface area contributed by atoms with Gasteiger partial charge in [0.15, 0.2) is 5.65 Å². The van der Waals surface area contributed by atoms with Gasteiger partial charge in [-0.05, 0) is 31.0 Å². The molecule has 1 N–H and O–H groups in total. The van der Waals surface area contributed by atoms with Crippen LogP contribution in [-0.2, 0) is 11.8 Å². The second-order valence-electron chi connectivity index (χ2n) is 6.46. The van der Waals surface area contributed by atoms with E-state index in [1.807, 2.05) is 42.9 Å². The van der Waals surface area contributed by atoms with E-state index in [1.165, 1.54) is 0 Å². The van der Waals surface area contributed by atoms with Crippen LogP contribution in [0.25, 0.3) is 11.2 Å². The molecule has 0 saturated carbocycles. The minimum atomic E-state index is 0.401. The van der Waals surface area contributed by atoms with Gasteiger partial charge in [0.2, 0.25) is 11.9 Å². The standard InChI is InChI=1S/C18H21ClN6O/c1-24(14-6-8-26-9-7-14)17-20-11-15-16(23-17)25(2)18(22-15)21-13-5-3-4-12(19)10-13/h3-5,10-11,14H,6-9H2,1-2H3,(H,21,22). The maximum Gasteiger partial charge on any atom is 0.227 e. The lowest BCUT2D eigenvalue weighted by Crippen LogP contribution is -2.37. The number of imidazole rings is 1. The maximum absolute atomic E-state index is 6.05. The van der Waals surface area contributed by atoms with Crippen LogP contribution in [0, 0.1) is 0 Å². The third kappa shape index (κ3) is 3.32. The molecule has 0 amide bonds. The van der Waals surface area contributed by atoms with Crippen molar-refractivity contribution in [3.8, 4) is 0 Å². The fraction of sp³-hybridized carbons (Fsp3) is 0.389. The van der Waals surface area contributed by atoms with Crippen molar-refractivity contribution in [2.75, 3.05) is 30.5 Å². The number of nitrogens with one attached hydrogen (secondary N) is 1. The average molecular weight is 373 g/mol. The van der Waals surface area contributed by atoms with Gasteiger partial charge in [-0.3, -0.25) is 4.57 Å². The second kappa shape index (κ2) is 7.09. The van der Waals surface area contributed by atoms with Crippen LogP contribution in [0.3, 0.4) is 0 Å². The molecule has 1 aliphatic heterocycles. The van der Waals surface area contributed by atoms with E-state index >= 15 is 0 Å². The molecule has 0 radical (unpaired) electrons. The normalized spacial score (nSPS) is 15.3. The van der Waals surface area contributed by atoms with Crippen molar-refractivity contribution in [1.29, 1.82) is 0 Å². The van der Waals surface area contributed by atoms with Gasteiger partial charge in [0.05, 0.1) is 6.20 Å². The summed E-state index contributed by atoms with van der Waals surface area (Å²) >= 11 is 6.05. The number of aryl methyl sites for hydroxylation is 1. The van der Waals surface area contributed by atoms with Gasteiger partial charge in [-0.25, -0.2) is 9.97 Å². The van der Waals surface area contributed by atoms with Gasteiger partial charge < -0.3 is 15.0 Å². The number of benzene rings is 1. The predicted octanol–water partition coefficient (Wildman–Crippen LogP) is 3.38. The summed E-state index contributed by atoms with van der Waals surface area (Å²) in [7, 11) is 3.98. The molecule has 3 heterocycles. The Labute approximate surface area is 157 Å². The molecule has 7 nitrogen and oxygen atoms in total. The predicted molar refractivity (Wildman–Crippen MR) is 103 cm³/mol. The maximum atomic E-state index is 6.05. The van der Waals surface area contributed by atoms with Gasteiger partial charge in [-0.15, -0.1) is 0 Å². The second-order valence-corrected chi connectivity index (χ2v) is 6.90. The first-order valence-corrected chi connectivity index (χ1v) is 9.02. The zero-order valence-corrected chi connectivity index (χ0v) is 15.6. The highest BCUT2D eigenvalue weighted by Crippen LogP contribution is 2.24. The lowest BCUT2D eigenvalue weighted by atomic mass is 10.1. The first kappa shape index (κ1) is 17.1. The van der Waals surface area contributed by atoms with E-state index in [2.05, 4.69) is 20.2 Å². The Kier molecular flexibility index (Phi) is 4.65. The molecule has 0 unspecified atom stereocenters. The molecule has 0 atom stereocenters. The number of ether oxygens (including phenoxy) is 1. The highest BCUT2D eigenvalue weighted by atomic mass is 35.5. The van der Waals surface area contributed by atoms with Gasteiger partial charge in [0, 0.05) is 44.1 Å². The highest BCUT2D eigenvalue weighted by molar-refractivity contribution is 6.30. The number of hydrogen-bond donors (Lipinski definition) is 1. The Morgan fingerprint density at radius 3 is 2.85 bits per heavy atom. The van der Waals surface area contributed by atoms with Crippen LogP contribution in [0.2, 0.25) is 5.02 Å². The molecular weight excluding hydrogens is 352 g/mol. The summed E-state index contributed by atoms with van der Waals surface area (Å²) in [6, 6.07) is 7.94. The smallest absolute Gasteiger partial charge is 0.227 e. The van der Waals surface area contributed by atoms with Crippen molar-refractivity contribution in [3.63, 3.8) is 0 Å². The number of nitrogens with zero attached hydrogens (tertiary/aromatic N) is 5. The molecule has 0 spiro atoms. The number of hydrogen-bond acceptors (Lipinski definition) is 6. The third-order valence-electron chi connectivity index (χ3n) is 4.73. The van der Waals surface area contributed by atoms with Crippen molar-refractivity contribution in [2.45, 2.75) is 18.9 Å². The van der Waals surface area contributed by atoms with Crippen LogP contribution >= 0.6 is 11.6 Å². The van der Waals surface area contributed by atoms with Crippen LogP contribution in [0.4, 0.5) is 17.6 Å². The van der Waals surface area contributed by atoms with Gasteiger partial charge >= 0.3 is 0 Å². The number of fused-ring (bicyclic) bond motifs is 1. The van der Waals surface area contributed by atoms with E-state index in [1.54, 1.807) is 6.20 Å². The van der Waals surface area contributed by atoms with E-state index < -0.39 is 0 Å². The van der Waals surface area contributed by atoms with Crippen LogP contribution in [0.5, 0.6) is 0 Å². The van der Waals surface area contributed by atoms with E-state index in [0.717, 1.165) is 42.9 Å². The fourth-order valence-corrected chi connectivity index (χ4v) is 3.38. The molecule has 2 aromatic heterocycles. The molecule has 0 aliphatic carbocycles. The Balaban J connectivity index is 1.62. The Bertz CT molecular complexity index is 921. The molecule has 0 bridgehead atoms. The Hall–Kier alpha value is -2.38. The highest BCUT2D eigenvalue weighted by Gasteiger charge is 2.21. The van der Waals surface area contributed by atoms with E-state index in [-0.39, 0.29) is 0 Å². The minimum absolute atomic E-state index is 0.401. The minimum Gasteiger partial charge on any atom is -0.381 e. The van der Waals surface area contributed by atoms with E-state index in [4.69, 9.17) is 21.3 Å². The lowest BCUT2D eigenvalue weighted by Gasteiger charge is -2.31. The summed E-state index contributed by atoms with van der Waals surface area (Å²) in [5.74, 6) is 1.41. The molecule has 1 fully saturated rings. The van der Waals surface area contributed by atoms with Crippen molar-refractivity contribution in [3.05, 3.63) is 35.5 Å². The van der Waals surface area contributed by atoms with Crippen molar-refractivity contribution < 1.29 is 4.74 Å². The molecule has 136 valence electrons. The van der Waals surface area contributed by atoms with Gasteiger partial charge in [-0.2, -0.15) is 4.98 Å². The first-order chi connectivity index (χ1) is 12.6. The molecule has 4 rings (SSSR count). The lowest BCUT2D eigenvalue weighted by molar-refractivity contribution is 0.0852. The van der Waals surface area contributed by atoms with Crippen LogP contribution in [0.1, 0.15) is 12.8 Å². The summed E-state index contributed by atoms with van der Waals surface area (Å²) < 4.78 is 7.37. The monoisotopic (exact) mass is 372 g/mol. The third-order valence-corrected chi connectivity index (χ3v) is 4.97. The fourth-order valence-electron chi connectivity index (χ4n) is 3.19. The molecule has 8 heteroatoms. The van der Waals surface area contributed by atoms with Crippen LogP contribution < -0.4 is 10.2 Å². The average Bonchev–Trinajstić information content (AvgIpc) is 2.97. The molecule has 1 saturated heterocycles. The molecule has 3 aromatic rings. The number of rotatable bonds is 4. The number of halogens is 1. The number of aromatic nitrogens is 4. The zero-order valence-electron chi connectivity index (χ0n) is 14.8. The summed E-state index contributed by atoms with van der Waals surface area (Å²) in [5, 5.41) is 3.96. The van der Waals surface area contributed by atoms with E-state index in [0.29, 0.717) is 23.0 Å². The zero-order chi connectivity index (χ0) is 18.1.